The summed E-state index contributed by atoms with van der Waals surface area (Å²) < 4.78 is 45.5. The van der Waals surface area contributed by atoms with E-state index in [-0.39, 0.29) is 88.2 Å². The summed E-state index contributed by atoms with van der Waals surface area (Å²) in [6.07, 6.45) is 15.7. The lowest BCUT2D eigenvalue weighted by molar-refractivity contribution is -0.338. The number of hydrogen-bond acceptors (Lipinski definition) is 9. The van der Waals surface area contributed by atoms with Gasteiger partial charge in [0.2, 0.25) is 0 Å². The minimum Gasteiger partial charge on any atom is -0.497 e. The minimum absolute atomic E-state index is 0.0000256. The lowest BCUT2D eigenvalue weighted by Gasteiger charge is -2.47. The second-order valence-corrected chi connectivity index (χ2v) is 33.6. The van der Waals surface area contributed by atoms with Crippen molar-refractivity contribution in [2.24, 2.45) is 41.4 Å². The molecule has 69 heavy (non-hydrogen) atoms. The Kier molecular flexibility index (Phi) is 22.7. The largest absolute Gasteiger partial charge is 0.497 e. The molecule has 1 aromatic rings. The summed E-state index contributed by atoms with van der Waals surface area (Å²) in [4.78, 5) is 26.7. The van der Waals surface area contributed by atoms with Gasteiger partial charge in [0.05, 0.1) is 57.3 Å². The highest BCUT2D eigenvalue weighted by molar-refractivity contribution is 6.74. The normalized spacial score (nSPS) is 23.5. The van der Waals surface area contributed by atoms with Gasteiger partial charge in [-0.1, -0.05) is 138 Å². The number of rotatable bonds is 25. The number of benzene rings is 1. The van der Waals surface area contributed by atoms with Crippen LogP contribution >= 0.6 is 0 Å². The van der Waals surface area contributed by atoms with Gasteiger partial charge in [-0.3, -0.25) is 9.59 Å². The fourth-order valence-electron chi connectivity index (χ4n) is 9.82. The monoisotopic (exact) mass is 995 g/mol. The van der Waals surface area contributed by atoms with E-state index in [0.717, 1.165) is 43.4 Å². The molecule has 0 N–H and O–H groups in total. The first-order chi connectivity index (χ1) is 31.9. The quantitative estimate of drug-likeness (QED) is 0.0312. The fourth-order valence-corrected chi connectivity index (χ4v) is 12.8. The van der Waals surface area contributed by atoms with Crippen LogP contribution in [0.2, 0.25) is 36.3 Å². The summed E-state index contributed by atoms with van der Waals surface area (Å²) in [5, 5.41) is 0.0213. The fraction of sp³-hybridized carbons (Fsp3) is 0.724. The lowest BCUT2D eigenvalue weighted by Crippen LogP contribution is -2.55. The molecule has 1 aromatic carbocycles. The van der Waals surface area contributed by atoms with Gasteiger partial charge in [-0.05, 0) is 111 Å². The van der Waals surface area contributed by atoms with Crippen molar-refractivity contribution in [2.75, 3.05) is 14.2 Å². The van der Waals surface area contributed by atoms with E-state index in [4.69, 9.17) is 32.5 Å². The van der Waals surface area contributed by atoms with Crippen LogP contribution in [0.15, 0.2) is 72.9 Å². The van der Waals surface area contributed by atoms with Crippen LogP contribution in [-0.2, 0) is 44.0 Å². The van der Waals surface area contributed by atoms with Crippen molar-refractivity contribution in [3.63, 3.8) is 0 Å². The van der Waals surface area contributed by atoms with Crippen LogP contribution < -0.4 is 4.74 Å². The molecule has 0 amide bonds. The average Bonchev–Trinajstić information content (AvgIpc) is 3.72. The van der Waals surface area contributed by atoms with Crippen molar-refractivity contribution in [3.8, 4) is 5.75 Å². The van der Waals surface area contributed by atoms with Crippen LogP contribution in [0, 0.1) is 41.4 Å². The average molecular weight is 996 g/mol. The van der Waals surface area contributed by atoms with Gasteiger partial charge in [-0.2, -0.15) is 0 Å². The zero-order valence-corrected chi connectivity index (χ0v) is 49.0. The van der Waals surface area contributed by atoms with E-state index in [0.29, 0.717) is 6.61 Å². The van der Waals surface area contributed by atoms with Gasteiger partial charge in [0.1, 0.15) is 5.75 Å². The molecule has 3 rings (SSSR count). The second-order valence-electron chi connectivity index (χ2n) is 24.1. The zero-order valence-electron chi connectivity index (χ0n) is 47.0. The number of ether oxygens (including phenoxy) is 5. The molecule has 0 bridgehead atoms. The van der Waals surface area contributed by atoms with Crippen molar-refractivity contribution in [2.45, 2.75) is 215 Å². The number of hydrogen-bond donors (Lipinski definition) is 0. The molecule has 1 heterocycles. The van der Waals surface area contributed by atoms with Gasteiger partial charge in [0, 0.05) is 37.0 Å². The van der Waals surface area contributed by atoms with Crippen LogP contribution in [-0.4, -0.2) is 78.9 Å². The van der Waals surface area contributed by atoms with Gasteiger partial charge in [-0.25, -0.2) is 0 Å². The summed E-state index contributed by atoms with van der Waals surface area (Å²) >= 11 is 0. The number of methoxy groups -OCH3 is 2. The first kappa shape index (κ1) is 60.7. The van der Waals surface area contributed by atoms with Crippen LogP contribution in [0.3, 0.4) is 0 Å². The van der Waals surface area contributed by atoms with E-state index >= 15 is 0 Å². The van der Waals surface area contributed by atoms with Crippen molar-refractivity contribution in [1.29, 1.82) is 0 Å². The molecule has 0 radical (unpaired) electrons. The number of carbonyl (C=O) groups is 2. The molecule has 12 atom stereocenters. The molecule has 9 nitrogen and oxygen atoms in total. The molecule has 0 aromatic heterocycles. The summed E-state index contributed by atoms with van der Waals surface area (Å²) in [5.74, 6) is -0.508. The van der Waals surface area contributed by atoms with Crippen molar-refractivity contribution in [3.05, 3.63) is 78.4 Å². The topological polar surface area (TPSA) is 98.8 Å². The molecule has 1 aliphatic heterocycles. The highest BCUT2D eigenvalue weighted by Crippen LogP contribution is 2.46. The van der Waals surface area contributed by atoms with Gasteiger partial charge in [-0.15, -0.1) is 0 Å². The Bertz CT molecular complexity index is 1870. The molecule has 392 valence electrons. The molecule has 0 unspecified atom stereocenters. The van der Waals surface area contributed by atoms with Crippen molar-refractivity contribution in [1.82, 2.24) is 0 Å². The van der Waals surface area contributed by atoms with Crippen molar-refractivity contribution >= 4 is 28.4 Å². The molecule has 2 fully saturated rings. The maximum Gasteiger partial charge on any atom is 0.311 e. The summed E-state index contributed by atoms with van der Waals surface area (Å²) in [5.41, 5.74) is 2.39. The maximum atomic E-state index is 14.0. The third-order valence-electron chi connectivity index (χ3n) is 16.2. The maximum absolute atomic E-state index is 14.0. The van der Waals surface area contributed by atoms with Crippen LogP contribution in [0.1, 0.15) is 141 Å². The molecule has 2 aliphatic rings. The van der Waals surface area contributed by atoms with E-state index in [2.05, 4.69) is 140 Å². The first-order valence-corrected chi connectivity index (χ1v) is 32.0. The van der Waals surface area contributed by atoms with Gasteiger partial charge >= 0.3 is 5.97 Å². The SMILES string of the molecule is C=C/C=C\[C@H](C)[C@H](OCc1ccc(OC)cc1)[C@@H](C)[C@H](O[Si](C)(C)C(C)(C)C)[C@@H](C)C/C(C)=C\[C@H](C)[C@H](O[Si](C)(C)C(C)(C)C)[C@H](C)/C=C\C(=O)C[C@@H]1OC2(CCCC2)O[C@H]([C@@H](C)C(=O)OC)[C@H]1C. The standard InChI is InChI=1S/C58H98O9Si2/c1-22-23-26-40(3)52(63-38-47-28-31-49(61-16)32-29-47)45(8)53(67-69(20,21)57(13,14)15)43(6)36-39(2)35-42(5)51(66-68(18,19)56(10,11)12)41(4)27-30-48(59)37-50-44(7)54(46(9)55(60)62-17)65-58(64-50)33-24-25-34-58/h22-23,26-32,35,40-46,50-54H,1,24-25,33-34,36-38H2,2-21H3/b26-23-,30-27-,39-35-/t40-,41+,42-,43-,44-,45+,46+,50-,51+,52-,53+,54-/m0/s1. The Hall–Kier alpha value is -2.65. The number of carbonyl (C=O) groups excluding carboxylic acids is 2. The molecule has 1 saturated carbocycles. The van der Waals surface area contributed by atoms with Crippen LogP contribution in [0.5, 0.6) is 5.75 Å². The Morgan fingerprint density at radius 3 is 1.88 bits per heavy atom. The summed E-state index contributed by atoms with van der Waals surface area (Å²) in [7, 11) is -1.37. The van der Waals surface area contributed by atoms with Crippen LogP contribution in [0.4, 0.5) is 0 Å². The Balaban J connectivity index is 1.94. The van der Waals surface area contributed by atoms with E-state index in [1.54, 1.807) is 13.2 Å². The predicted molar refractivity (Wildman–Crippen MR) is 289 cm³/mol. The van der Waals surface area contributed by atoms with E-state index in [1.807, 2.05) is 44.2 Å². The molecule has 1 aliphatic carbocycles. The number of esters is 1. The Morgan fingerprint density at radius 1 is 0.812 bits per heavy atom. The first-order valence-electron chi connectivity index (χ1n) is 26.1. The van der Waals surface area contributed by atoms with E-state index in [1.165, 1.54) is 12.7 Å². The highest BCUT2D eigenvalue weighted by atomic mass is 28.4. The lowest BCUT2D eigenvalue weighted by atomic mass is 9.81. The van der Waals surface area contributed by atoms with Crippen molar-refractivity contribution < 1.29 is 42.1 Å². The minimum atomic E-state index is -2.24. The summed E-state index contributed by atoms with van der Waals surface area (Å²) in [6, 6.07) is 8.11. The third-order valence-corrected chi connectivity index (χ3v) is 25.2. The number of allylic oxidation sites excluding steroid dienone is 4. The molecule has 1 spiro atoms. The van der Waals surface area contributed by atoms with Gasteiger partial charge < -0.3 is 32.5 Å². The van der Waals surface area contributed by atoms with Gasteiger partial charge in [0.15, 0.2) is 28.2 Å². The third kappa shape index (κ3) is 17.0. The predicted octanol–water partition coefficient (Wildman–Crippen LogP) is 14.6. The second kappa shape index (κ2) is 25.8. The summed E-state index contributed by atoms with van der Waals surface area (Å²) in [6.45, 7) is 45.0. The van der Waals surface area contributed by atoms with Gasteiger partial charge in [0.25, 0.3) is 0 Å². The molecule has 11 heteroatoms. The Morgan fingerprint density at radius 2 is 1.36 bits per heavy atom. The molecular formula is C58H98O9Si2. The van der Waals surface area contributed by atoms with E-state index in [9.17, 15) is 9.59 Å². The smallest absolute Gasteiger partial charge is 0.311 e. The molecule has 1 saturated heterocycles. The highest BCUT2D eigenvalue weighted by Gasteiger charge is 2.51. The van der Waals surface area contributed by atoms with Crippen LogP contribution in [0.25, 0.3) is 0 Å². The number of ketones is 1. The Labute approximate surface area is 423 Å². The zero-order chi connectivity index (χ0) is 52.3. The van der Waals surface area contributed by atoms with E-state index < -0.39 is 34.4 Å². The molecular weight excluding hydrogens is 897 g/mol.